The molecule has 0 bridgehead atoms. The number of nitrogens with two attached hydrogens (primary N) is 1. The molecule has 2 aromatic heterocycles. The number of primary amides is 1. The van der Waals surface area contributed by atoms with E-state index in [1.54, 1.807) is 19.9 Å². The highest BCUT2D eigenvalue weighted by molar-refractivity contribution is 7.18. The van der Waals surface area contributed by atoms with Crippen LogP contribution in [-0.4, -0.2) is 30.9 Å². The van der Waals surface area contributed by atoms with E-state index in [4.69, 9.17) is 22.1 Å². The first kappa shape index (κ1) is 21.4. The van der Waals surface area contributed by atoms with Gasteiger partial charge < -0.3 is 21.1 Å². The molecular formula is C17H20ClN3O4S2. The molecule has 0 aliphatic carbocycles. The van der Waals surface area contributed by atoms with E-state index in [-0.39, 0.29) is 40.5 Å². The average Bonchev–Trinajstić information content (AvgIpc) is 3.16. The van der Waals surface area contributed by atoms with Gasteiger partial charge in [-0.3, -0.25) is 9.59 Å². The Labute approximate surface area is 169 Å². The molecule has 0 aliphatic rings. The second-order valence-electron chi connectivity index (χ2n) is 5.64. The van der Waals surface area contributed by atoms with Crippen molar-refractivity contribution in [3.8, 4) is 0 Å². The SMILES string of the molecule is CCOC(=O)c1c(NC(=O)CNC(C)c2ccc(Cl)s2)sc(C(N)=O)c1C. The Hall–Kier alpha value is -1.94. The minimum atomic E-state index is -0.662. The smallest absolute Gasteiger partial charge is 0.341 e. The Bertz CT molecular complexity index is 862. The van der Waals surface area contributed by atoms with E-state index in [1.165, 1.54) is 11.3 Å². The molecule has 7 nitrogen and oxygen atoms in total. The number of amides is 2. The molecule has 1 atom stereocenters. The lowest BCUT2D eigenvalue weighted by Crippen LogP contribution is -2.30. The van der Waals surface area contributed by atoms with Crippen molar-refractivity contribution in [2.75, 3.05) is 18.5 Å². The molecule has 2 heterocycles. The standard InChI is InChI=1S/C17H20ClN3O4S2/c1-4-25-17(24)13-8(2)14(15(19)23)27-16(13)21-12(22)7-20-9(3)10-5-6-11(18)26-10/h5-6,9,20H,4,7H2,1-3H3,(H2,19,23)(H,21,22). The molecule has 0 radical (unpaired) electrons. The monoisotopic (exact) mass is 429 g/mol. The summed E-state index contributed by atoms with van der Waals surface area (Å²) in [5.41, 5.74) is 5.90. The molecule has 4 N–H and O–H groups in total. The first-order valence-corrected chi connectivity index (χ1v) is 10.1. The van der Waals surface area contributed by atoms with Gasteiger partial charge >= 0.3 is 5.97 Å². The topological polar surface area (TPSA) is 111 Å². The van der Waals surface area contributed by atoms with E-state index in [0.717, 1.165) is 16.2 Å². The summed E-state index contributed by atoms with van der Waals surface area (Å²) in [6.07, 6.45) is 0. The summed E-state index contributed by atoms with van der Waals surface area (Å²) in [7, 11) is 0. The third-order valence-corrected chi connectivity index (χ3v) is 6.33. The van der Waals surface area contributed by atoms with Crippen LogP contribution in [0.15, 0.2) is 12.1 Å². The van der Waals surface area contributed by atoms with Gasteiger partial charge in [-0.25, -0.2) is 4.79 Å². The highest BCUT2D eigenvalue weighted by Gasteiger charge is 2.25. The van der Waals surface area contributed by atoms with Crippen LogP contribution < -0.4 is 16.4 Å². The maximum atomic E-state index is 12.3. The molecule has 146 valence electrons. The van der Waals surface area contributed by atoms with Crippen LogP contribution in [0, 0.1) is 6.92 Å². The highest BCUT2D eigenvalue weighted by atomic mass is 35.5. The molecule has 0 aliphatic heterocycles. The van der Waals surface area contributed by atoms with Crippen molar-refractivity contribution in [1.29, 1.82) is 0 Å². The number of esters is 1. The number of anilines is 1. The van der Waals surface area contributed by atoms with Gasteiger partial charge in [-0.15, -0.1) is 22.7 Å². The Kier molecular flexibility index (Phi) is 7.37. The Morgan fingerprint density at radius 2 is 2.00 bits per heavy atom. The van der Waals surface area contributed by atoms with E-state index >= 15 is 0 Å². The first-order valence-electron chi connectivity index (χ1n) is 8.13. The van der Waals surface area contributed by atoms with Gasteiger partial charge in [0.2, 0.25) is 5.91 Å². The number of carbonyl (C=O) groups is 3. The van der Waals surface area contributed by atoms with Gasteiger partial charge in [-0.1, -0.05) is 11.6 Å². The summed E-state index contributed by atoms with van der Waals surface area (Å²) < 4.78 is 5.70. The number of carbonyl (C=O) groups excluding carboxylic acids is 3. The van der Waals surface area contributed by atoms with E-state index in [1.807, 2.05) is 13.0 Å². The molecule has 0 fully saturated rings. The maximum Gasteiger partial charge on any atom is 0.341 e. The van der Waals surface area contributed by atoms with Crippen molar-refractivity contribution in [2.24, 2.45) is 5.73 Å². The van der Waals surface area contributed by atoms with E-state index < -0.39 is 11.9 Å². The van der Waals surface area contributed by atoms with Crippen LogP contribution in [0.3, 0.4) is 0 Å². The third-order valence-electron chi connectivity index (χ3n) is 3.69. The van der Waals surface area contributed by atoms with Crippen molar-refractivity contribution in [3.63, 3.8) is 0 Å². The number of ether oxygens (including phenoxy) is 1. The van der Waals surface area contributed by atoms with Crippen molar-refractivity contribution < 1.29 is 19.1 Å². The molecular weight excluding hydrogens is 410 g/mol. The Morgan fingerprint density at radius 3 is 2.56 bits per heavy atom. The number of hydrogen-bond acceptors (Lipinski definition) is 7. The van der Waals surface area contributed by atoms with Crippen LogP contribution in [0.2, 0.25) is 4.34 Å². The number of thiophene rings is 2. The average molecular weight is 430 g/mol. The van der Waals surface area contributed by atoms with E-state index in [9.17, 15) is 14.4 Å². The second kappa shape index (κ2) is 9.32. The Morgan fingerprint density at radius 1 is 1.30 bits per heavy atom. The van der Waals surface area contributed by atoms with Crippen LogP contribution in [0.4, 0.5) is 5.00 Å². The van der Waals surface area contributed by atoms with Gasteiger partial charge in [0.25, 0.3) is 5.91 Å². The van der Waals surface area contributed by atoms with Crippen LogP contribution in [0.25, 0.3) is 0 Å². The minimum Gasteiger partial charge on any atom is -0.462 e. The lowest BCUT2D eigenvalue weighted by molar-refractivity contribution is -0.115. The normalized spacial score (nSPS) is 11.9. The highest BCUT2D eigenvalue weighted by Crippen LogP contribution is 2.33. The summed E-state index contributed by atoms with van der Waals surface area (Å²) in [6.45, 7) is 5.38. The van der Waals surface area contributed by atoms with Crippen LogP contribution >= 0.6 is 34.3 Å². The zero-order valence-electron chi connectivity index (χ0n) is 15.1. The van der Waals surface area contributed by atoms with Crippen molar-refractivity contribution in [2.45, 2.75) is 26.8 Å². The van der Waals surface area contributed by atoms with Gasteiger partial charge in [0.05, 0.1) is 27.9 Å². The van der Waals surface area contributed by atoms with E-state index in [0.29, 0.717) is 9.90 Å². The maximum absolute atomic E-state index is 12.3. The van der Waals surface area contributed by atoms with Gasteiger partial charge in [-0.2, -0.15) is 0 Å². The number of halogens is 1. The number of rotatable bonds is 8. The fourth-order valence-corrected chi connectivity index (χ4v) is 4.51. The molecule has 27 heavy (non-hydrogen) atoms. The molecule has 2 aromatic rings. The summed E-state index contributed by atoms with van der Waals surface area (Å²) in [6, 6.07) is 3.62. The van der Waals surface area contributed by atoms with Crippen LogP contribution in [0.1, 0.15) is 50.4 Å². The summed E-state index contributed by atoms with van der Waals surface area (Å²) in [5, 5.41) is 6.00. The van der Waals surface area contributed by atoms with Gasteiger partial charge in [-0.05, 0) is 38.5 Å². The molecule has 0 saturated carbocycles. The summed E-state index contributed by atoms with van der Waals surface area (Å²) in [5.74, 6) is -1.62. The number of hydrogen-bond donors (Lipinski definition) is 3. The second-order valence-corrected chi connectivity index (χ2v) is 8.40. The largest absolute Gasteiger partial charge is 0.462 e. The van der Waals surface area contributed by atoms with Gasteiger partial charge in [0.1, 0.15) is 5.00 Å². The predicted molar refractivity (Wildman–Crippen MR) is 108 cm³/mol. The quantitative estimate of drug-likeness (QED) is 0.557. The summed E-state index contributed by atoms with van der Waals surface area (Å²) >= 11 is 8.31. The predicted octanol–water partition coefficient (Wildman–Crippen LogP) is 3.34. The fraction of sp³-hybridized carbons (Fsp3) is 0.353. The molecule has 0 spiro atoms. The summed E-state index contributed by atoms with van der Waals surface area (Å²) in [4.78, 5) is 37.3. The van der Waals surface area contributed by atoms with Gasteiger partial charge in [0, 0.05) is 10.9 Å². The van der Waals surface area contributed by atoms with E-state index in [2.05, 4.69) is 10.6 Å². The van der Waals surface area contributed by atoms with Crippen molar-refractivity contribution in [1.82, 2.24) is 5.32 Å². The van der Waals surface area contributed by atoms with Gasteiger partial charge in [0.15, 0.2) is 0 Å². The minimum absolute atomic E-state index is 0.0157. The Balaban J connectivity index is 2.10. The van der Waals surface area contributed by atoms with Crippen LogP contribution in [-0.2, 0) is 9.53 Å². The lowest BCUT2D eigenvalue weighted by atomic mass is 10.1. The molecule has 0 saturated heterocycles. The molecule has 10 heteroatoms. The van der Waals surface area contributed by atoms with Crippen molar-refractivity contribution >= 4 is 57.1 Å². The van der Waals surface area contributed by atoms with Crippen molar-refractivity contribution in [3.05, 3.63) is 37.4 Å². The zero-order chi connectivity index (χ0) is 20.1. The van der Waals surface area contributed by atoms with Crippen LogP contribution in [0.5, 0.6) is 0 Å². The third kappa shape index (κ3) is 5.29. The molecule has 0 aromatic carbocycles. The first-order chi connectivity index (χ1) is 12.7. The fourth-order valence-electron chi connectivity index (χ4n) is 2.36. The lowest BCUT2D eigenvalue weighted by Gasteiger charge is -2.12. The number of nitrogens with one attached hydrogen (secondary N) is 2. The molecule has 2 amide bonds. The zero-order valence-corrected chi connectivity index (χ0v) is 17.4. The molecule has 1 unspecified atom stereocenters. The molecule has 2 rings (SSSR count).